The molecular weight excluding hydrogens is 248 g/mol. The molecule has 1 heterocycles. The smallest absolute Gasteiger partial charge is 0.106 e. The van der Waals surface area contributed by atoms with E-state index >= 15 is 0 Å². The summed E-state index contributed by atoms with van der Waals surface area (Å²) in [5, 5.41) is 20.3. The molecule has 0 saturated carbocycles. The van der Waals surface area contributed by atoms with Gasteiger partial charge in [-0.05, 0) is 23.8 Å². The quantitative estimate of drug-likeness (QED) is 0.769. The monoisotopic (exact) mass is 260 g/mol. The van der Waals surface area contributed by atoms with Crippen LogP contribution in [0.4, 0.5) is 0 Å². The minimum Gasteiger partial charge on any atom is -0.384 e. The van der Waals surface area contributed by atoms with Crippen molar-refractivity contribution in [1.29, 1.82) is 5.26 Å². The van der Waals surface area contributed by atoms with Crippen molar-refractivity contribution in [2.24, 2.45) is 0 Å². The fourth-order valence-corrected chi connectivity index (χ4v) is 2.27. The normalized spacial score (nSPS) is 12.0. The van der Waals surface area contributed by atoms with Crippen LogP contribution in [-0.2, 0) is 0 Å². The zero-order valence-corrected chi connectivity index (χ0v) is 10.7. The molecule has 0 radical (unpaired) electrons. The standard InChI is InChI=1S/C17H12N2O/c18-11-12-6-8-14(9-7-12)17(20)15-5-1-3-13-4-2-10-19-16(13)15/h1-10,17,20H. The number of hydrogen-bond donors (Lipinski definition) is 1. The van der Waals surface area contributed by atoms with Crippen LogP contribution in [-0.4, -0.2) is 10.1 Å². The van der Waals surface area contributed by atoms with Gasteiger partial charge in [-0.25, -0.2) is 0 Å². The van der Waals surface area contributed by atoms with Crippen molar-refractivity contribution in [2.75, 3.05) is 0 Å². The Bertz CT molecular complexity index is 783. The van der Waals surface area contributed by atoms with Crippen molar-refractivity contribution in [3.63, 3.8) is 0 Å². The van der Waals surface area contributed by atoms with Crippen LogP contribution in [0.25, 0.3) is 10.9 Å². The number of nitriles is 1. The maximum Gasteiger partial charge on any atom is 0.106 e. The summed E-state index contributed by atoms with van der Waals surface area (Å²) in [4.78, 5) is 4.35. The molecule has 0 saturated heterocycles. The zero-order chi connectivity index (χ0) is 13.9. The molecule has 3 nitrogen and oxygen atoms in total. The van der Waals surface area contributed by atoms with Crippen molar-refractivity contribution < 1.29 is 5.11 Å². The van der Waals surface area contributed by atoms with E-state index in [1.165, 1.54) is 0 Å². The number of aliphatic hydroxyl groups is 1. The number of aliphatic hydroxyl groups excluding tert-OH is 1. The molecule has 20 heavy (non-hydrogen) atoms. The first-order valence-electron chi connectivity index (χ1n) is 6.31. The van der Waals surface area contributed by atoms with Crippen LogP contribution >= 0.6 is 0 Å². The lowest BCUT2D eigenvalue weighted by molar-refractivity contribution is 0.221. The largest absolute Gasteiger partial charge is 0.384 e. The summed E-state index contributed by atoms with van der Waals surface area (Å²) in [5.74, 6) is 0. The van der Waals surface area contributed by atoms with Crippen LogP contribution in [0.2, 0.25) is 0 Å². The maximum absolute atomic E-state index is 10.5. The summed E-state index contributed by atoms with van der Waals surface area (Å²) in [6, 6.07) is 18.6. The van der Waals surface area contributed by atoms with E-state index in [1.54, 1.807) is 30.5 Å². The van der Waals surface area contributed by atoms with Crippen molar-refractivity contribution in [2.45, 2.75) is 6.10 Å². The second-order valence-electron chi connectivity index (χ2n) is 4.56. The Morgan fingerprint density at radius 2 is 1.75 bits per heavy atom. The molecule has 3 rings (SSSR count). The van der Waals surface area contributed by atoms with E-state index in [0.717, 1.165) is 22.0 Å². The van der Waals surface area contributed by atoms with E-state index in [9.17, 15) is 5.11 Å². The van der Waals surface area contributed by atoms with Crippen LogP contribution < -0.4 is 0 Å². The number of aromatic nitrogens is 1. The highest BCUT2D eigenvalue weighted by Gasteiger charge is 2.14. The van der Waals surface area contributed by atoms with Crippen LogP contribution in [0.15, 0.2) is 60.8 Å². The van der Waals surface area contributed by atoms with Gasteiger partial charge in [0.1, 0.15) is 6.10 Å². The van der Waals surface area contributed by atoms with E-state index in [0.29, 0.717) is 5.56 Å². The summed E-state index contributed by atoms with van der Waals surface area (Å²) < 4.78 is 0. The minimum atomic E-state index is -0.749. The second-order valence-corrected chi connectivity index (χ2v) is 4.56. The van der Waals surface area contributed by atoms with Gasteiger partial charge >= 0.3 is 0 Å². The molecule has 0 bridgehead atoms. The molecule has 1 unspecified atom stereocenters. The van der Waals surface area contributed by atoms with E-state index in [1.807, 2.05) is 30.3 Å². The lowest BCUT2D eigenvalue weighted by Crippen LogP contribution is -2.01. The van der Waals surface area contributed by atoms with Crippen LogP contribution in [0, 0.1) is 11.3 Å². The van der Waals surface area contributed by atoms with Gasteiger partial charge in [-0.1, -0.05) is 36.4 Å². The molecule has 1 atom stereocenters. The molecular formula is C17H12N2O. The molecule has 0 aliphatic heterocycles. The third-order valence-corrected chi connectivity index (χ3v) is 3.31. The molecule has 0 aliphatic carbocycles. The molecule has 2 aromatic carbocycles. The Morgan fingerprint density at radius 3 is 2.50 bits per heavy atom. The van der Waals surface area contributed by atoms with Gasteiger partial charge < -0.3 is 5.11 Å². The van der Waals surface area contributed by atoms with Crippen LogP contribution in [0.5, 0.6) is 0 Å². The Kier molecular flexibility index (Phi) is 3.16. The Hall–Kier alpha value is -2.70. The number of para-hydroxylation sites is 1. The predicted molar refractivity (Wildman–Crippen MR) is 77.0 cm³/mol. The highest BCUT2D eigenvalue weighted by Crippen LogP contribution is 2.27. The van der Waals surface area contributed by atoms with E-state index in [2.05, 4.69) is 11.1 Å². The minimum absolute atomic E-state index is 0.581. The second kappa shape index (κ2) is 5.12. The molecule has 1 aromatic heterocycles. The molecule has 96 valence electrons. The first-order chi connectivity index (χ1) is 9.79. The van der Waals surface area contributed by atoms with Gasteiger partial charge in [0, 0.05) is 17.1 Å². The molecule has 3 aromatic rings. The Balaban J connectivity index is 2.08. The maximum atomic E-state index is 10.5. The number of benzene rings is 2. The number of fused-ring (bicyclic) bond motifs is 1. The third kappa shape index (κ3) is 2.13. The SMILES string of the molecule is N#Cc1ccc(C(O)c2cccc3cccnc23)cc1. The summed E-state index contributed by atoms with van der Waals surface area (Å²) in [7, 11) is 0. The molecule has 0 aliphatic rings. The number of pyridine rings is 1. The van der Waals surface area contributed by atoms with E-state index in [-0.39, 0.29) is 0 Å². The van der Waals surface area contributed by atoms with Crippen LogP contribution in [0.3, 0.4) is 0 Å². The van der Waals surface area contributed by atoms with Gasteiger partial charge in [0.15, 0.2) is 0 Å². The highest BCUT2D eigenvalue weighted by molar-refractivity contribution is 5.82. The van der Waals surface area contributed by atoms with Gasteiger partial charge in [0.25, 0.3) is 0 Å². The lowest BCUT2D eigenvalue weighted by Gasteiger charge is -2.13. The molecule has 1 N–H and O–H groups in total. The topological polar surface area (TPSA) is 56.9 Å². The zero-order valence-electron chi connectivity index (χ0n) is 10.7. The van der Waals surface area contributed by atoms with Crippen LogP contribution in [0.1, 0.15) is 22.8 Å². The number of hydrogen-bond acceptors (Lipinski definition) is 3. The van der Waals surface area contributed by atoms with E-state index in [4.69, 9.17) is 5.26 Å². The average molecular weight is 260 g/mol. The van der Waals surface area contributed by atoms with Gasteiger partial charge in [-0.3, -0.25) is 4.98 Å². The summed E-state index contributed by atoms with van der Waals surface area (Å²) in [6.07, 6.45) is 0.971. The Labute approximate surface area is 116 Å². The first kappa shape index (κ1) is 12.3. The van der Waals surface area contributed by atoms with Gasteiger partial charge in [0.05, 0.1) is 17.1 Å². The first-order valence-corrected chi connectivity index (χ1v) is 6.31. The summed E-state index contributed by atoms with van der Waals surface area (Å²) in [6.45, 7) is 0. The molecule has 0 amide bonds. The van der Waals surface area contributed by atoms with Crippen molar-refractivity contribution in [3.05, 3.63) is 77.5 Å². The van der Waals surface area contributed by atoms with Crippen molar-refractivity contribution in [3.8, 4) is 6.07 Å². The Morgan fingerprint density at radius 1 is 1.00 bits per heavy atom. The highest BCUT2D eigenvalue weighted by atomic mass is 16.3. The van der Waals surface area contributed by atoms with Gasteiger partial charge in [0.2, 0.25) is 0 Å². The summed E-state index contributed by atoms with van der Waals surface area (Å²) in [5.41, 5.74) is 2.90. The molecule has 0 spiro atoms. The van der Waals surface area contributed by atoms with Crippen molar-refractivity contribution in [1.82, 2.24) is 4.98 Å². The number of nitrogens with zero attached hydrogens (tertiary/aromatic N) is 2. The van der Waals surface area contributed by atoms with Crippen molar-refractivity contribution >= 4 is 10.9 Å². The van der Waals surface area contributed by atoms with E-state index < -0.39 is 6.10 Å². The fraction of sp³-hybridized carbons (Fsp3) is 0.0588. The van der Waals surface area contributed by atoms with Gasteiger partial charge in [-0.2, -0.15) is 5.26 Å². The molecule has 0 fully saturated rings. The number of rotatable bonds is 2. The lowest BCUT2D eigenvalue weighted by atomic mass is 9.98. The summed E-state index contributed by atoms with van der Waals surface area (Å²) >= 11 is 0. The average Bonchev–Trinajstić information content (AvgIpc) is 2.54. The predicted octanol–water partition coefficient (Wildman–Crippen LogP) is 3.19. The fourth-order valence-electron chi connectivity index (χ4n) is 2.27. The van der Waals surface area contributed by atoms with Gasteiger partial charge in [-0.15, -0.1) is 0 Å². The third-order valence-electron chi connectivity index (χ3n) is 3.31. The molecule has 3 heteroatoms.